The second kappa shape index (κ2) is 8.15. The molecule has 4 aromatic rings. The van der Waals surface area contributed by atoms with E-state index in [-0.39, 0.29) is 11.9 Å². The number of piperidine rings is 3. The highest BCUT2D eigenvalue weighted by atomic mass is 32.1. The number of hydrogen-bond donors (Lipinski definition) is 1. The van der Waals surface area contributed by atoms with Crippen molar-refractivity contribution < 1.29 is 9.32 Å². The van der Waals surface area contributed by atoms with E-state index in [4.69, 9.17) is 4.52 Å². The first-order valence-electron chi connectivity index (χ1n) is 11.1. The summed E-state index contributed by atoms with van der Waals surface area (Å²) in [6.45, 7) is 3.33. The lowest BCUT2D eigenvalue weighted by Crippen LogP contribution is -2.57. The number of nitrogens with zero attached hydrogens (tertiary/aromatic N) is 3. The molecule has 5 heterocycles. The number of hydrogen-bond acceptors (Lipinski definition) is 6. The summed E-state index contributed by atoms with van der Waals surface area (Å²) in [4.78, 5) is 20.7. The summed E-state index contributed by atoms with van der Waals surface area (Å²) in [5.74, 6) is 1.82. The molecule has 0 aliphatic carbocycles. The fourth-order valence-electron chi connectivity index (χ4n) is 4.86. The van der Waals surface area contributed by atoms with E-state index in [1.807, 2.05) is 54.6 Å². The van der Waals surface area contributed by atoms with E-state index in [0.29, 0.717) is 24.1 Å². The third-order valence-electron chi connectivity index (χ3n) is 6.64. The average Bonchev–Trinajstić information content (AvgIpc) is 3.47. The van der Waals surface area contributed by atoms with Crippen molar-refractivity contribution in [3.8, 4) is 11.4 Å². The maximum atomic E-state index is 12.9. The number of rotatable bonds is 5. The van der Waals surface area contributed by atoms with Gasteiger partial charge in [-0.3, -0.25) is 4.79 Å². The Kier molecular flexibility index (Phi) is 5.00. The highest BCUT2D eigenvalue weighted by Gasteiger charge is 2.35. The van der Waals surface area contributed by atoms with Crippen LogP contribution in [0.25, 0.3) is 21.5 Å². The second-order valence-electron chi connectivity index (χ2n) is 8.76. The molecule has 2 bridgehead atoms. The molecular formula is C25H24N4O2S. The van der Waals surface area contributed by atoms with Crippen LogP contribution < -0.4 is 5.32 Å². The lowest BCUT2D eigenvalue weighted by atomic mass is 9.84. The molecule has 162 valence electrons. The van der Waals surface area contributed by atoms with Gasteiger partial charge < -0.3 is 14.7 Å². The van der Waals surface area contributed by atoms with E-state index < -0.39 is 0 Å². The van der Waals surface area contributed by atoms with Crippen LogP contribution in [0.5, 0.6) is 0 Å². The van der Waals surface area contributed by atoms with Gasteiger partial charge in [-0.25, -0.2) is 0 Å². The van der Waals surface area contributed by atoms with E-state index in [2.05, 4.69) is 20.4 Å². The minimum Gasteiger partial charge on any atom is -0.347 e. The number of carbonyl (C=O) groups is 1. The van der Waals surface area contributed by atoms with Gasteiger partial charge in [0.1, 0.15) is 0 Å². The van der Waals surface area contributed by atoms with Crippen molar-refractivity contribution in [2.45, 2.75) is 25.3 Å². The SMILES string of the molecule is O=C(N[C@H]1CN2CCC1CC2)c1cc2ccc(-c3noc(Cc4ccccc4)n3)cc2s1. The van der Waals surface area contributed by atoms with E-state index in [0.717, 1.165) is 32.6 Å². The van der Waals surface area contributed by atoms with Crippen LogP contribution in [0.3, 0.4) is 0 Å². The van der Waals surface area contributed by atoms with Crippen LogP contribution in [0.1, 0.15) is 34.0 Å². The van der Waals surface area contributed by atoms with E-state index >= 15 is 0 Å². The maximum absolute atomic E-state index is 12.9. The van der Waals surface area contributed by atoms with E-state index in [1.54, 1.807) is 0 Å². The molecule has 7 heteroatoms. The number of carbonyl (C=O) groups excluding carboxylic acids is 1. The predicted octanol–water partition coefficient (Wildman–Crippen LogP) is 4.37. The summed E-state index contributed by atoms with van der Waals surface area (Å²) < 4.78 is 6.51. The number of aromatic nitrogens is 2. The van der Waals surface area contributed by atoms with Crippen LogP contribution in [-0.4, -0.2) is 46.6 Å². The highest BCUT2D eigenvalue weighted by molar-refractivity contribution is 7.20. The van der Waals surface area contributed by atoms with Crippen molar-refractivity contribution >= 4 is 27.3 Å². The summed E-state index contributed by atoms with van der Waals surface area (Å²) in [5.41, 5.74) is 2.03. The lowest BCUT2D eigenvalue weighted by Gasteiger charge is -2.44. The minimum absolute atomic E-state index is 0.0382. The van der Waals surface area contributed by atoms with Crippen LogP contribution in [0, 0.1) is 5.92 Å². The van der Waals surface area contributed by atoms with Gasteiger partial charge in [-0.05, 0) is 54.9 Å². The van der Waals surface area contributed by atoms with Gasteiger partial charge in [0.15, 0.2) is 0 Å². The predicted molar refractivity (Wildman–Crippen MR) is 125 cm³/mol. The fraction of sp³-hybridized carbons (Fsp3) is 0.320. The molecule has 32 heavy (non-hydrogen) atoms. The first-order valence-corrected chi connectivity index (χ1v) is 12.0. The van der Waals surface area contributed by atoms with Crippen molar-refractivity contribution in [3.05, 3.63) is 70.9 Å². The standard InChI is InChI=1S/C25H24N4O2S/c30-25(26-20-15-29-10-8-17(20)9-11-29)22-13-18-6-7-19(14-21(18)32-22)24-27-23(31-28-24)12-16-4-2-1-3-5-16/h1-7,13-14,17,20H,8-12,15H2,(H,26,30)/t20-/m0/s1. The number of amides is 1. The fourth-order valence-corrected chi connectivity index (χ4v) is 5.87. The minimum atomic E-state index is 0.0382. The van der Waals surface area contributed by atoms with Gasteiger partial charge in [0, 0.05) is 22.8 Å². The van der Waals surface area contributed by atoms with E-state index in [1.165, 1.54) is 37.3 Å². The maximum Gasteiger partial charge on any atom is 0.261 e. The first kappa shape index (κ1) is 19.6. The summed E-state index contributed by atoms with van der Waals surface area (Å²) in [5, 5.41) is 8.52. The lowest BCUT2D eigenvalue weighted by molar-refractivity contribution is 0.0622. The Hall–Kier alpha value is -3.03. The van der Waals surface area contributed by atoms with Crippen molar-refractivity contribution in [1.82, 2.24) is 20.4 Å². The van der Waals surface area contributed by atoms with Gasteiger partial charge in [-0.15, -0.1) is 11.3 Å². The van der Waals surface area contributed by atoms with Gasteiger partial charge in [0.2, 0.25) is 11.7 Å². The Morgan fingerprint density at radius 3 is 2.75 bits per heavy atom. The quantitative estimate of drug-likeness (QED) is 0.495. The summed E-state index contributed by atoms with van der Waals surface area (Å²) in [7, 11) is 0. The monoisotopic (exact) mass is 444 g/mol. The molecule has 0 spiro atoms. The molecular weight excluding hydrogens is 420 g/mol. The normalized spacial score (nSPS) is 22.3. The van der Waals surface area contributed by atoms with Gasteiger partial charge in [-0.1, -0.05) is 47.6 Å². The zero-order valence-electron chi connectivity index (χ0n) is 17.7. The van der Waals surface area contributed by atoms with Crippen LogP contribution in [0.2, 0.25) is 0 Å². The number of fused-ring (bicyclic) bond motifs is 4. The molecule has 3 aliphatic heterocycles. The summed E-state index contributed by atoms with van der Waals surface area (Å²) >= 11 is 1.52. The van der Waals surface area contributed by atoms with Gasteiger partial charge in [0.05, 0.1) is 11.3 Å². The third-order valence-corrected chi connectivity index (χ3v) is 7.74. The van der Waals surface area contributed by atoms with E-state index in [9.17, 15) is 4.79 Å². The summed E-state index contributed by atoms with van der Waals surface area (Å²) in [6, 6.07) is 18.4. The molecule has 0 radical (unpaired) electrons. The Labute approximate surface area is 190 Å². The van der Waals surface area contributed by atoms with Crippen molar-refractivity contribution in [3.63, 3.8) is 0 Å². The highest BCUT2D eigenvalue weighted by Crippen LogP contribution is 2.31. The largest absolute Gasteiger partial charge is 0.347 e. The second-order valence-corrected chi connectivity index (χ2v) is 9.84. The number of nitrogens with one attached hydrogen (secondary N) is 1. The topological polar surface area (TPSA) is 71.3 Å². The molecule has 3 saturated heterocycles. The Morgan fingerprint density at radius 1 is 1.12 bits per heavy atom. The van der Waals surface area contributed by atoms with Crippen molar-refractivity contribution in [2.75, 3.05) is 19.6 Å². The van der Waals surface area contributed by atoms with Crippen LogP contribution >= 0.6 is 11.3 Å². The average molecular weight is 445 g/mol. The van der Waals surface area contributed by atoms with Crippen LogP contribution in [0.4, 0.5) is 0 Å². The third kappa shape index (κ3) is 3.82. The van der Waals surface area contributed by atoms with Crippen molar-refractivity contribution in [1.29, 1.82) is 0 Å². The Morgan fingerprint density at radius 2 is 1.97 bits per heavy atom. The Balaban J connectivity index is 1.19. The number of benzene rings is 2. The van der Waals surface area contributed by atoms with Crippen LogP contribution in [-0.2, 0) is 6.42 Å². The van der Waals surface area contributed by atoms with Gasteiger partial charge >= 0.3 is 0 Å². The molecule has 7 rings (SSSR count). The molecule has 1 N–H and O–H groups in total. The molecule has 3 fully saturated rings. The molecule has 3 aliphatic rings. The zero-order valence-corrected chi connectivity index (χ0v) is 18.5. The van der Waals surface area contributed by atoms with Crippen molar-refractivity contribution in [2.24, 2.45) is 5.92 Å². The van der Waals surface area contributed by atoms with Crippen LogP contribution in [0.15, 0.2) is 59.1 Å². The molecule has 2 aromatic heterocycles. The summed E-state index contributed by atoms with van der Waals surface area (Å²) in [6.07, 6.45) is 2.99. The van der Waals surface area contributed by atoms with Gasteiger partial charge in [0.25, 0.3) is 5.91 Å². The molecule has 0 saturated carbocycles. The molecule has 1 atom stereocenters. The molecule has 0 unspecified atom stereocenters. The molecule has 1 amide bonds. The zero-order chi connectivity index (χ0) is 21.5. The Bertz CT molecular complexity index is 1260. The smallest absolute Gasteiger partial charge is 0.261 e. The first-order chi connectivity index (χ1) is 15.7. The number of thiophene rings is 1. The molecule has 2 aromatic carbocycles. The molecule has 6 nitrogen and oxygen atoms in total. The van der Waals surface area contributed by atoms with Gasteiger partial charge in [-0.2, -0.15) is 4.98 Å².